The van der Waals surface area contributed by atoms with Gasteiger partial charge in [0.15, 0.2) is 0 Å². The Morgan fingerprint density at radius 1 is 0.967 bits per heavy atom. The monoisotopic (exact) mass is 415 g/mol. The smallest absolute Gasteiger partial charge is 0.410 e. The fourth-order valence-corrected chi connectivity index (χ4v) is 4.65. The van der Waals surface area contributed by atoms with Crippen LogP contribution >= 0.6 is 0 Å². The highest BCUT2D eigenvalue weighted by Crippen LogP contribution is 2.34. The van der Waals surface area contributed by atoms with Crippen molar-refractivity contribution < 1.29 is 14.3 Å². The summed E-state index contributed by atoms with van der Waals surface area (Å²) in [4.78, 5) is 27.5. The van der Waals surface area contributed by atoms with E-state index >= 15 is 0 Å². The number of ether oxygens (including phenoxy) is 1. The summed E-state index contributed by atoms with van der Waals surface area (Å²) in [7, 11) is 0. The first-order valence-corrected chi connectivity index (χ1v) is 11.3. The Bertz CT molecular complexity index is 710. The average Bonchev–Trinajstić information content (AvgIpc) is 2.72. The van der Waals surface area contributed by atoms with Crippen molar-refractivity contribution in [2.75, 3.05) is 31.1 Å². The van der Waals surface area contributed by atoms with Crippen molar-refractivity contribution >= 4 is 17.7 Å². The fraction of sp³-hybridized carbons (Fsp3) is 0.667. The lowest BCUT2D eigenvalue weighted by Crippen LogP contribution is -2.44. The van der Waals surface area contributed by atoms with E-state index < -0.39 is 5.60 Å². The number of hydrogen-bond acceptors (Lipinski definition) is 4. The summed E-state index contributed by atoms with van der Waals surface area (Å²) < 4.78 is 5.51. The number of carbonyl (C=O) groups is 2. The lowest BCUT2D eigenvalue weighted by molar-refractivity contribution is -0.118. The lowest BCUT2D eigenvalue weighted by atomic mass is 9.79. The number of aryl methyl sites for hydroxylation is 1. The predicted molar refractivity (Wildman–Crippen MR) is 119 cm³/mol. The lowest BCUT2D eigenvalue weighted by Gasteiger charge is -2.41. The van der Waals surface area contributed by atoms with Crippen molar-refractivity contribution in [3.8, 4) is 0 Å². The quantitative estimate of drug-likeness (QED) is 0.790. The molecule has 2 heterocycles. The summed E-state index contributed by atoms with van der Waals surface area (Å²) in [5.41, 5.74) is 7.22. The van der Waals surface area contributed by atoms with Crippen molar-refractivity contribution in [1.82, 2.24) is 4.90 Å². The van der Waals surface area contributed by atoms with Crippen LogP contribution in [0.2, 0.25) is 0 Å². The third kappa shape index (κ3) is 6.38. The van der Waals surface area contributed by atoms with E-state index in [0.717, 1.165) is 50.5 Å². The van der Waals surface area contributed by atoms with E-state index in [1.807, 2.05) is 25.7 Å². The number of anilines is 1. The van der Waals surface area contributed by atoms with Crippen molar-refractivity contribution in [2.24, 2.45) is 17.6 Å². The van der Waals surface area contributed by atoms with Gasteiger partial charge in [0.05, 0.1) is 0 Å². The Kier molecular flexibility index (Phi) is 7.27. The second-order valence-electron chi connectivity index (χ2n) is 9.76. The number of nitrogens with two attached hydrogens (primary N) is 1. The summed E-state index contributed by atoms with van der Waals surface area (Å²) in [5, 5.41) is 0. The van der Waals surface area contributed by atoms with Crippen molar-refractivity contribution in [3.05, 3.63) is 29.8 Å². The van der Waals surface area contributed by atoms with Gasteiger partial charge in [-0.05, 0) is 82.4 Å². The minimum Gasteiger partial charge on any atom is -0.444 e. The molecule has 3 rings (SSSR count). The van der Waals surface area contributed by atoms with Gasteiger partial charge in [-0.25, -0.2) is 4.79 Å². The minimum atomic E-state index is -0.430. The van der Waals surface area contributed by atoms with E-state index in [1.165, 1.54) is 18.5 Å². The molecule has 0 radical (unpaired) electrons. The summed E-state index contributed by atoms with van der Waals surface area (Å²) in [5.74, 6) is 1.21. The highest BCUT2D eigenvalue weighted by molar-refractivity contribution is 5.74. The molecule has 2 aliphatic heterocycles. The van der Waals surface area contributed by atoms with Crippen LogP contribution in [0.1, 0.15) is 58.4 Å². The van der Waals surface area contributed by atoms with Gasteiger partial charge in [-0.2, -0.15) is 0 Å². The summed E-state index contributed by atoms with van der Waals surface area (Å²) in [6.45, 7) is 9.54. The number of primary amides is 1. The van der Waals surface area contributed by atoms with E-state index in [1.54, 1.807) is 0 Å². The van der Waals surface area contributed by atoms with Gasteiger partial charge >= 0.3 is 6.09 Å². The summed E-state index contributed by atoms with van der Waals surface area (Å²) in [6, 6.07) is 8.54. The molecule has 2 aliphatic rings. The topological polar surface area (TPSA) is 75.9 Å². The fourth-order valence-electron chi connectivity index (χ4n) is 4.65. The molecule has 0 saturated carbocycles. The molecule has 6 heteroatoms. The van der Waals surface area contributed by atoms with Crippen LogP contribution in [0, 0.1) is 11.8 Å². The molecular formula is C24H37N3O3. The van der Waals surface area contributed by atoms with Crippen molar-refractivity contribution in [3.63, 3.8) is 0 Å². The molecule has 0 aromatic heterocycles. The molecule has 0 unspecified atom stereocenters. The maximum Gasteiger partial charge on any atom is 0.410 e. The van der Waals surface area contributed by atoms with Crippen molar-refractivity contribution in [1.29, 1.82) is 0 Å². The van der Waals surface area contributed by atoms with Gasteiger partial charge < -0.3 is 20.3 Å². The number of benzene rings is 1. The van der Waals surface area contributed by atoms with Crippen LogP contribution in [-0.2, 0) is 16.0 Å². The second-order valence-corrected chi connectivity index (χ2v) is 9.76. The molecule has 30 heavy (non-hydrogen) atoms. The number of rotatable bonds is 5. The van der Waals surface area contributed by atoms with Crippen LogP contribution in [0.15, 0.2) is 24.3 Å². The third-order valence-corrected chi connectivity index (χ3v) is 6.36. The van der Waals surface area contributed by atoms with Gasteiger partial charge in [0.2, 0.25) is 5.91 Å². The first-order valence-electron chi connectivity index (χ1n) is 11.3. The zero-order valence-electron chi connectivity index (χ0n) is 18.7. The molecule has 0 bridgehead atoms. The second kappa shape index (κ2) is 9.71. The van der Waals surface area contributed by atoms with E-state index in [0.29, 0.717) is 18.8 Å². The number of piperidine rings is 2. The van der Waals surface area contributed by atoms with E-state index in [-0.39, 0.29) is 12.0 Å². The highest BCUT2D eigenvalue weighted by Gasteiger charge is 2.32. The number of likely N-dealkylation sites (tertiary alicyclic amines) is 1. The zero-order chi connectivity index (χ0) is 21.7. The van der Waals surface area contributed by atoms with Gasteiger partial charge in [-0.1, -0.05) is 12.1 Å². The molecule has 1 aromatic rings. The van der Waals surface area contributed by atoms with E-state index in [2.05, 4.69) is 29.2 Å². The van der Waals surface area contributed by atoms with Gasteiger partial charge in [0, 0.05) is 38.3 Å². The zero-order valence-corrected chi connectivity index (χ0v) is 18.7. The molecular weight excluding hydrogens is 378 g/mol. The Balaban J connectivity index is 1.43. The third-order valence-electron chi connectivity index (χ3n) is 6.36. The Hall–Kier alpha value is -2.24. The van der Waals surface area contributed by atoms with E-state index in [4.69, 9.17) is 10.5 Å². The summed E-state index contributed by atoms with van der Waals surface area (Å²) >= 11 is 0. The van der Waals surface area contributed by atoms with Gasteiger partial charge in [-0.3, -0.25) is 4.79 Å². The molecule has 1 aromatic carbocycles. The maximum atomic E-state index is 12.3. The molecule has 2 N–H and O–H groups in total. The number of hydrogen-bond donors (Lipinski definition) is 1. The average molecular weight is 416 g/mol. The largest absolute Gasteiger partial charge is 0.444 e. The maximum absolute atomic E-state index is 12.3. The number of nitrogens with zero attached hydrogens (tertiary/aromatic N) is 2. The van der Waals surface area contributed by atoms with E-state index in [9.17, 15) is 9.59 Å². The first-order chi connectivity index (χ1) is 14.2. The van der Waals surface area contributed by atoms with Crippen LogP contribution in [-0.4, -0.2) is 48.7 Å². The Labute approximate surface area is 180 Å². The van der Waals surface area contributed by atoms with Gasteiger partial charge in [-0.15, -0.1) is 0 Å². The SMILES string of the molecule is CC(C)(C)OC(=O)N1CCC(C2CCN(c3ccc(CCC(N)=O)cc3)CC2)CC1. The molecule has 2 saturated heterocycles. The standard InChI is InChI=1S/C24H37N3O3/c1-24(2,3)30-23(29)27-16-12-20(13-17-27)19-10-14-26(15-11-19)21-7-4-18(5-8-21)6-9-22(25)28/h4-5,7-8,19-20H,6,9-17H2,1-3H3,(H2,25,28). The molecule has 0 atom stereocenters. The normalized spacial score (nSPS) is 19.0. The molecule has 166 valence electrons. The Morgan fingerprint density at radius 2 is 1.50 bits per heavy atom. The molecule has 0 aliphatic carbocycles. The molecule has 6 nitrogen and oxygen atoms in total. The number of carbonyl (C=O) groups excluding carboxylic acids is 2. The van der Waals surface area contributed by atoms with Gasteiger partial charge in [0.25, 0.3) is 0 Å². The molecule has 2 fully saturated rings. The van der Waals surface area contributed by atoms with Crippen LogP contribution in [0.4, 0.5) is 10.5 Å². The van der Waals surface area contributed by atoms with Crippen LogP contribution in [0.5, 0.6) is 0 Å². The van der Waals surface area contributed by atoms with Crippen LogP contribution in [0.3, 0.4) is 0 Å². The van der Waals surface area contributed by atoms with Crippen LogP contribution < -0.4 is 10.6 Å². The molecule has 2 amide bonds. The van der Waals surface area contributed by atoms with Crippen molar-refractivity contribution in [2.45, 2.75) is 64.9 Å². The molecule has 0 spiro atoms. The summed E-state index contributed by atoms with van der Waals surface area (Å²) in [6.07, 6.45) is 5.52. The highest BCUT2D eigenvalue weighted by atomic mass is 16.6. The first kappa shape index (κ1) is 22.4. The predicted octanol–water partition coefficient (Wildman–Crippen LogP) is 3.97. The Morgan fingerprint density at radius 3 is 2.00 bits per heavy atom. The minimum absolute atomic E-state index is 0.171. The van der Waals surface area contributed by atoms with Gasteiger partial charge in [0.1, 0.15) is 5.60 Å². The van der Waals surface area contributed by atoms with Crippen LogP contribution in [0.25, 0.3) is 0 Å². The number of amides is 2.